The molecular formula is C14H19Br3. The van der Waals surface area contributed by atoms with Gasteiger partial charge in [-0.05, 0) is 18.1 Å². The summed E-state index contributed by atoms with van der Waals surface area (Å²) in [6, 6.07) is 8.57. The summed E-state index contributed by atoms with van der Waals surface area (Å²) in [5, 5.41) is 2.00. The third kappa shape index (κ3) is 4.07. The molecule has 0 heterocycles. The number of halogens is 3. The molecule has 0 nitrogen and oxygen atoms in total. The molecule has 96 valence electrons. The summed E-state index contributed by atoms with van der Waals surface area (Å²) in [5.74, 6) is 0. The van der Waals surface area contributed by atoms with Crippen LogP contribution in [0.5, 0.6) is 0 Å². The monoisotopic (exact) mass is 424 g/mol. The average molecular weight is 427 g/mol. The molecule has 0 bridgehead atoms. The van der Waals surface area contributed by atoms with Crippen molar-refractivity contribution in [1.29, 1.82) is 0 Å². The molecule has 1 aromatic carbocycles. The summed E-state index contributed by atoms with van der Waals surface area (Å²) in [6.07, 6.45) is 5.10. The molecule has 0 N–H and O–H groups in total. The second-order valence-corrected chi connectivity index (χ2v) is 6.46. The molecule has 17 heavy (non-hydrogen) atoms. The smallest absolute Gasteiger partial charge is 0.0213 e. The number of unbranched alkanes of at least 4 members (excludes halogenated alkanes) is 2. The molecule has 0 aromatic heterocycles. The van der Waals surface area contributed by atoms with Crippen LogP contribution in [0.4, 0.5) is 0 Å². The molecule has 0 aliphatic carbocycles. The van der Waals surface area contributed by atoms with Crippen molar-refractivity contribution < 1.29 is 0 Å². The third-order valence-corrected chi connectivity index (χ3v) is 6.05. The summed E-state index contributed by atoms with van der Waals surface area (Å²) in [7, 11) is 0. The highest BCUT2D eigenvalue weighted by Gasteiger charge is 2.31. The summed E-state index contributed by atoms with van der Waals surface area (Å²) in [4.78, 5) is 0. The van der Waals surface area contributed by atoms with Gasteiger partial charge >= 0.3 is 0 Å². The lowest BCUT2D eigenvalue weighted by Crippen LogP contribution is -2.30. The first-order valence-electron chi connectivity index (χ1n) is 6.07. The first-order chi connectivity index (χ1) is 8.20. The van der Waals surface area contributed by atoms with Crippen LogP contribution in [0.3, 0.4) is 0 Å². The van der Waals surface area contributed by atoms with Gasteiger partial charge in [-0.2, -0.15) is 0 Å². The highest BCUT2D eigenvalue weighted by atomic mass is 79.9. The van der Waals surface area contributed by atoms with Crippen molar-refractivity contribution in [3.8, 4) is 0 Å². The van der Waals surface area contributed by atoms with E-state index in [9.17, 15) is 0 Å². The zero-order chi connectivity index (χ0) is 12.7. The van der Waals surface area contributed by atoms with E-state index in [0.29, 0.717) is 0 Å². The maximum Gasteiger partial charge on any atom is 0.0213 e. The summed E-state index contributed by atoms with van der Waals surface area (Å²) < 4.78 is 1.22. The summed E-state index contributed by atoms with van der Waals surface area (Å²) >= 11 is 11.1. The highest BCUT2D eigenvalue weighted by molar-refractivity contribution is 9.10. The van der Waals surface area contributed by atoms with Gasteiger partial charge in [0.1, 0.15) is 0 Å². The molecule has 0 atom stereocenters. The van der Waals surface area contributed by atoms with Crippen molar-refractivity contribution >= 4 is 47.8 Å². The molecule has 0 aliphatic rings. The van der Waals surface area contributed by atoms with E-state index in [1.807, 2.05) is 0 Å². The van der Waals surface area contributed by atoms with Crippen LogP contribution in [0.25, 0.3) is 0 Å². The molecule has 0 fully saturated rings. The Morgan fingerprint density at radius 1 is 1.06 bits per heavy atom. The first kappa shape index (κ1) is 15.7. The molecular weight excluding hydrogens is 408 g/mol. The molecule has 0 radical (unpaired) electrons. The van der Waals surface area contributed by atoms with Crippen LogP contribution in [0, 0.1) is 0 Å². The highest BCUT2D eigenvalue weighted by Crippen LogP contribution is 2.38. The molecule has 0 aliphatic heterocycles. The van der Waals surface area contributed by atoms with Gasteiger partial charge in [-0.1, -0.05) is 92.2 Å². The average Bonchev–Trinajstić information content (AvgIpc) is 2.36. The van der Waals surface area contributed by atoms with E-state index >= 15 is 0 Å². The third-order valence-electron chi connectivity index (χ3n) is 3.22. The Bertz CT molecular complexity index is 332. The number of benzene rings is 1. The fourth-order valence-electron chi connectivity index (χ4n) is 2.05. The lowest BCUT2D eigenvalue weighted by molar-refractivity contribution is 0.469. The van der Waals surface area contributed by atoms with Crippen LogP contribution in [-0.2, 0) is 5.41 Å². The lowest BCUT2D eigenvalue weighted by Gasteiger charge is -2.31. The Kier molecular flexibility index (Phi) is 7.36. The van der Waals surface area contributed by atoms with E-state index in [1.54, 1.807) is 0 Å². The molecule has 3 heteroatoms. The maximum atomic E-state index is 3.71. The van der Waals surface area contributed by atoms with Crippen molar-refractivity contribution in [2.24, 2.45) is 0 Å². The Labute approximate surface area is 130 Å². The van der Waals surface area contributed by atoms with E-state index in [4.69, 9.17) is 0 Å². The fraction of sp³-hybridized carbons (Fsp3) is 0.571. The molecule has 1 aromatic rings. The van der Waals surface area contributed by atoms with E-state index < -0.39 is 0 Å². The second-order valence-electron chi connectivity index (χ2n) is 4.48. The predicted molar refractivity (Wildman–Crippen MR) is 87.6 cm³/mol. The van der Waals surface area contributed by atoms with Gasteiger partial charge in [0, 0.05) is 20.5 Å². The van der Waals surface area contributed by atoms with Crippen molar-refractivity contribution in [1.82, 2.24) is 0 Å². The molecule has 0 saturated heterocycles. The Morgan fingerprint density at radius 3 is 2.24 bits per heavy atom. The van der Waals surface area contributed by atoms with E-state index in [1.165, 1.54) is 35.7 Å². The van der Waals surface area contributed by atoms with Crippen molar-refractivity contribution in [2.45, 2.75) is 38.0 Å². The number of hydrogen-bond acceptors (Lipinski definition) is 0. The van der Waals surface area contributed by atoms with Crippen molar-refractivity contribution in [3.63, 3.8) is 0 Å². The minimum atomic E-state index is 0.204. The number of hydrogen-bond donors (Lipinski definition) is 0. The van der Waals surface area contributed by atoms with Gasteiger partial charge in [0.25, 0.3) is 0 Å². The maximum absolute atomic E-state index is 3.71. The Morgan fingerprint density at radius 2 is 1.71 bits per heavy atom. The lowest BCUT2D eigenvalue weighted by atomic mass is 9.80. The Balaban J connectivity index is 2.94. The molecule has 0 saturated carbocycles. The molecule has 1 rings (SSSR count). The minimum Gasteiger partial charge on any atom is -0.0918 e. The topological polar surface area (TPSA) is 0 Å². The van der Waals surface area contributed by atoms with Gasteiger partial charge in [-0.3, -0.25) is 0 Å². The zero-order valence-electron chi connectivity index (χ0n) is 10.2. The number of alkyl halides is 2. The predicted octanol–water partition coefficient (Wildman–Crippen LogP) is 6.06. The SMILES string of the molecule is CCCCCC(CBr)(CBr)c1ccccc1Br. The first-order valence-corrected chi connectivity index (χ1v) is 9.10. The summed E-state index contributed by atoms with van der Waals surface area (Å²) in [6.45, 7) is 2.25. The van der Waals surface area contributed by atoms with Crippen molar-refractivity contribution in [2.75, 3.05) is 10.7 Å². The van der Waals surface area contributed by atoms with Crippen LogP contribution < -0.4 is 0 Å². The zero-order valence-corrected chi connectivity index (χ0v) is 14.9. The molecule has 0 spiro atoms. The van der Waals surface area contributed by atoms with Crippen LogP contribution in [0.1, 0.15) is 38.2 Å². The Hall–Kier alpha value is 0.660. The van der Waals surface area contributed by atoms with Crippen LogP contribution in [0.2, 0.25) is 0 Å². The number of rotatable bonds is 7. The van der Waals surface area contributed by atoms with Crippen molar-refractivity contribution in [3.05, 3.63) is 34.3 Å². The second kappa shape index (κ2) is 7.96. The minimum absolute atomic E-state index is 0.204. The van der Waals surface area contributed by atoms with Gasteiger partial charge in [-0.15, -0.1) is 0 Å². The van der Waals surface area contributed by atoms with Crippen LogP contribution >= 0.6 is 47.8 Å². The molecule has 0 unspecified atom stereocenters. The quantitative estimate of drug-likeness (QED) is 0.367. The largest absolute Gasteiger partial charge is 0.0918 e. The molecule has 0 amide bonds. The fourth-order valence-corrected chi connectivity index (χ4v) is 4.85. The van der Waals surface area contributed by atoms with E-state index in [2.05, 4.69) is 79.0 Å². The standard InChI is InChI=1S/C14H19Br3/c1-2-3-6-9-14(10-15,11-16)12-7-4-5-8-13(12)17/h4-5,7-8H,2-3,6,9-11H2,1H3. The van der Waals surface area contributed by atoms with Gasteiger partial charge in [-0.25, -0.2) is 0 Å². The van der Waals surface area contributed by atoms with Gasteiger partial charge in [0.15, 0.2) is 0 Å². The van der Waals surface area contributed by atoms with Gasteiger partial charge in [0.2, 0.25) is 0 Å². The van der Waals surface area contributed by atoms with Crippen LogP contribution in [0.15, 0.2) is 28.7 Å². The summed E-state index contributed by atoms with van der Waals surface area (Å²) in [5.41, 5.74) is 1.61. The van der Waals surface area contributed by atoms with Gasteiger partial charge < -0.3 is 0 Å². The van der Waals surface area contributed by atoms with E-state index in [-0.39, 0.29) is 5.41 Å². The van der Waals surface area contributed by atoms with Gasteiger partial charge in [0.05, 0.1) is 0 Å². The van der Waals surface area contributed by atoms with E-state index in [0.717, 1.165) is 10.7 Å². The van der Waals surface area contributed by atoms with Crippen LogP contribution in [-0.4, -0.2) is 10.7 Å². The normalized spacial score (nSPS) is 11.8.